The monoisotopic (exact) mass is 447 g/mol. The average molecular weight is 448 g/mol. The van der Waals surface area contributed by atoms with Crippen molar-refractivity contribution < 1.29 is 4.79 Å². The van der Waals surface area contributed by atoms with Crippen molar-refractivity contribution in [2.75, 3.05) is 5.32 Å². The number of hydrogen-bond acceptors (Lipinski definition) is 7. The quantitative estimate of drug-likeness (QED) is 0.398. The van der Waals surface area contributed by atoms with Gasteiger partial charge in [0.1, 0.15) is 0 Å². The van der Waals surface area contributed by atoms with Crippen LogP contribution in [0.2, 0.25) is 0 Å². The molecule has 9 heteroatoms. The van der Waals surface area contributed by atoms with E-state index in [2.05, 4.69) is 62.6 Å². The van der Waals surface area contributed by atoms with Gasteiger partial charge in [-0.3, -0.25) is 9.89 Å². The first kappa shape index (κ1) is 21.6. The van der Waals surface area contributed by atoms with E-state index in [0.29, 0.717) is 17.5 Å². The van der Waals surface area contributed by atoms with Gasteiger partial charge in [0.25, 0.3) is 5.91 Å². The van der Waals surface area contributed by atoms with E-state index in [0.717, 1.165) is 32.9 Å². The minimum Gasteiger partial charge on any atom is -0.346 e. The Bertz CT molecular complexity index is 1230. The number of H-pyrrole nitrogens is 1. The van der Waals surface area contributed by atoms with Crippen molar-refractivity contribution in [3.63, 3.8) is 0 Å². The van der Waals surface area contributed by atoms with Crippen LogP contribution in [0.25, 0.3) is 11.3 Å². The number of anilines is 2. The summed E-state index contributed by atoms with van der Waals surface area (Å²) in [5.41, 5.74) is 4.67. The Labute approximate surface area is 190 Å². The Morgan fingerprint density at radius 3 is 2.69 bits per heavy atom. The van der Waals surface area contributed by atoms with Crippen molar-refractivity contribution in [2.45, 2.75) is 39.7 Å². The van der Waals surface area contributed by atoms with E-state index in [4.69, 9.17) is 0 Å². The van der Waals surface area contributed by atoms with Crippen LogP contribution in [0, 0.1) is 6.92 Å². The van der Waals surface area contributed by atoms with E-state index in [9.17, 15) is 4.79 Å². The molecule has 4 rings (SSSR count). The number of amides is 1. The van der Waals surface area contributed by atoms with Crippen LogP contribution in [0.3, 0.4) is 0 Å². The number of carbonyl (C=O) groups excluding carboxylic acids is 1. The molecule has 32 heavy (non-hydrogen) atoms. The molecule has 164 valence electrons. The smallest absolute Gasteiger partial charge is 0.280 e. The van der Waals surface area contributed by atoms with Crippen LogP contribution >= 0.6 is 11.3 Å². The lowest BCUT2D eigenvalue weighted by molar-refractivity contribution is 0.0950. The fraction of sp³-hybridized carbons (Fsp3) is 0.261. The molecule has 3 aromatic heterocycles. The minimum absolute atomic E-state index is 0.0164. The zero-order valence-electron chi connectivity index (χ0n) is 18.4. The van der Waals surface area contributed by atoms with E-state index in [1.54, 1.807) is 24.8 Å². The molecule has 0 bridgehead atoms. The normalized spacial score (nSPS) is 11.4. The van der Waals surface area contributed by atoms with Crippen molar-refractivity contribution in [3.05, 3.63) is 70.1 Å². The Morgan fingerprint density at radius 1 is 1.16 bits per heavy atom. The summed E-state index contributed by atoms with van der Waals surface area (Å²) in [6.45, 7) is 8.80. The van der Waals surface area contributed by atoms with Crippen LogP contribution in [-0.2, 0) is 12.0 Å². The highest BCUT2D eigenvalue weighted by molar-refractivity contribution is 7.13. The average Bonchev–Trinajstić information content (AvgIpc) is 3.45. The minimum atomic E-state index is -0.153. The van der Waals surface area contributed by atoms with Gasteiger partial charge in [-0.25, -0.2) is 15.0 Å². The van der Waals surface area contributed by atoms with Crippen molar-refractivity contribution in [1.82, 2.24) is 30.5 Å². The fourth-order valence-corrected chi connectivity index (χ4v) is 3.95. The van der Waals surface area contributed by atoms with Crippen molar-refractivity contribution in [3.8, 4) is 11.3 Å². The molecule has 0 saturated heterocycles. The lowest BCUT2D eigenvalue weighted by Crippen LogP contribution is -2.23. The van der Waals surface area contributed by atoms with Gasteiger partial charge in [-0.05, 0) is 35.6 Å². The third-order valence-corrected chi connectivity index (χ3v) is 6.35. The van der Waals surface area contributed by atoms with Crippen molar-refractivity contribution >= 4 is 28.9 Å². The first-order chi connectivity index (χ1) is 15.3. The molecule has 8 nitrogen and oxygen atoms in total. The van der Waals surface area contributed by atoms with Gasteiger partial charge in [0.05, 0.1) is 17.6 Å². The number of aryl methyl sites for hydroxylation is 1. The second kappa shape index (κ2) is 8.88. The van der Waals surface area contributed by atoms with E-state index in [1.165, 1.54) is 11.3 Å². The molecule has 0 saturated carbocycles. The third kappa shape index (κ3) is 5.00. The van der Waals surface area contributed by atoms with Gasteiger partial charge in [0, 0.05) is 35.6 Å². The molecule has 3 N–H and O–H groups in total. The summed E-state index contributed by atoms with van der Waals surface area (Å²) in [7, 11) is 0. The fourth-order valence-electron chi connectivity index (χ4n) is 3.06. The summed E-state index contributed by atoms with van der Waals surface area (Å²) < 4.78 is 0. The van der Waals surface area contributed by atoms with Crippen LogP contribution in [0.15, 0.2) is 49.1 Å². The number of nitrogens with zero attached hydrogens (tertiary/aromatic N) is 4. The van der Waals surface area contributed by atoms with E-state index in [1.807, 2.05) is 25.1 Å². The van der Waals surface area contributed by atoms with Gasteiger partial charge in [-0.2, -0.15) is 5.10 Å². The lowest BCUT2D eigenvalue weighted by atomic mass is 9.96. The molecule has 0 aliphatic heterocycles. The molecular weight excluding hydrogens is 422 g/mol. The van der Waals surface area contributed by atoms with Gasteiger partial charge in [0.15, 0.2) is 5.01 Å². The molecule has 0 spiro atoms. The summed E-state index contributed by atoms with van der Waals surface area (Å²) >= 11 is 1.44. The zero-order chi connectivity index (χ0) is 22.7. The number of nitrogens with one attached hydrogen (secondary N) is 3. The molecule has 0 aliphatic carbocycles. The summed E-state index contributed by atoms with van der Waals surface area (Å²) in [6.07, 6.45) is 6.91. The number of hydrogen-bond donors (Lipinski definition) is 3. The Kier molecular flexibility index (Phi) is 6.00. The maximum Gasteiger partial charge on any atom is 0.280 e. The molecule has 4 aromatic rings. The van der Waals surface area contributed by atoms with Gasteiger partial charge in [0.2, 0.25) is 5.95 Å². The number of thiazole rings is 1. The Morgan fingerprint density at radius 2 is 2.00 bits per heavy atom. The number of aromatic amines is 1. The Hall–Kier alpha value is -3.59. The van der Waals surface area contributed by atoms with Gasteiger partial charge < -0.3 is 10.6 Å². The van der Waals surface area contributed by atoms with E-state index < -0.39 is 0 Å². The summed E-state index contributed by atoms with van der Waals surface area (Å²) in [4.78, 5) is 26.8. The number of carbonyl (C=O) groups is 1. The molecule has 1 aromatic carbocycles. The predicted octanol–water partition coefficient (Wildman–Crippen LogP) is 4.60. The highest BCUT2D eigenvalue weighted by Gasteiger charge is 2.20. The summed E-state index contributed by atoms with van der Waals surface area (Å²) in [5.74, 6) is 0.343. The maximum atomic E-state index is 12.5. The van der Waals surface area contributed by atoms with Crippen LogP contribution in [0.5, 0.6) is 0 Å². The second-order valence-corrected chi connectivity index (χ2v) is 9.51. The van der Waals surface area contributed by atoms with Crippen LogP contribution in [0.1, 0.15) is 46.6 Å². The van der Waals surface area contributed by atoms with E-state index >= 15 is 0 Å². The third-order valence-electron chi connectivity index (χ3n) is 4.93. The largest absolute Gasteiger partial charge is 0.346 e. The topological polar surface area (TPSA) is 108 Å². The number of rotatable bonds is 6. The first-order valence-electron chi connectivity index (χ1n) is 10.2. The van der Waals surface area contributed by atoms with Gasteiger partial charge in [-0.1, -0.05) is 32.9 Å². The highest BCUT2D eigenvalue weighted by atomic mass is 32.1. The molecule has 0 radical (unpaired) electrons. The molecule has 0 fully saturated rings. The van der Waals surface area contributed by atoms with Gasteiger partial charge >= 0.3 is 0 Å². The number of benzene rings is 1. The summed E-state index contributed by atoms with van der Waals surface area (Å²) in [6, 6.07) is 7.94. The molecule has 1 amide bonds. The predicted molar refractivity (Wildman–Crippen MR) is 126 cm³/mol. The molecule has 0 aliphatic rings. The Balaban J connectivity index is 1.43. The SMILES string of the molecule is Cc1cc(-c2ccnc(Nc3cn[nH]c3)n2)ccc1CNC(=O)c1ncc(C(C)(C)C)s1. The summed E-state index contributed by atoms with van der Waals surface area (Å²) in [5, 5.41) is 13.2. The van der Waals surface area contributed by atoms with E-state index in [-0.39, 0.29) is 11.3 Å². The lowest BCUT2D eigenvalue weighted by Gasteiger charge is -2.14. The second-order valence-electron chi connectivity index (χ2n) is 8.48. The van der Waals surface area contributed by atoms with Crippen molar-refractivity contribution in [2.24, 2.45) is 0 Å². The van der Waals surface area contributed by atoms with Crippen molar-refractivity contribution in [1.29, 1.82) is 0 Å². The molecule has 0 atom stereocenters. The molecule has 0 unspecified atom stereocenters. The number of aromatic nitrogens is 5. The maximum absolute atomic E-state index is 12.5. The van der Waals surface area contributed by atoms with Crippen LogP contribution in [-0.4, -0.2) is 31.1 Å². The zero-order valence-corrected chi connectivity index (χ0v) is 19.2. The van der Waals surface area contributed by atoms with Crippen LogP contribution < -0.4 is 10.6 Å². The standard InChI is InChI=1S/C23H25N7OS/c1-14-9-15(18-7-8-24-22(30-18)29-17-11-27-28-12-17)5-6-16(14)10-25-20(31)21-26-13-19(32-21)23(2,3)4/h5-9,11-13H,10H2,1-4H3,(H,25,31)(H,27,28)(H,24,29,30). The molecule has 3 heterocycles. The molecular formula is C23H25N7OS. The van der Waals surface area contributed by atoms with Gasteiger partial charge in [-0.15, -0.1) is 11.3 Å². The van der Waals surface area contributed by atoms with Crippen LogP contribution in [0.4, 0.5) is 11.6 Å². The first-order valence-corrected chi connectivity index (χ1v) is 11.0. The highest BCUT2D eigenvalue weighted by Crippen LogP contribution is 2.28.